The first-order valence-electron chi connectivity index (χ1n) is 8.41. The van der Waals surface area contributed by atoms with E-state index in [9.17, 15) is 9.59 Å². The van der Waals surface area contributed by atoms with Crippen LogP contribution in [0.5, 0.6) is 0 Å². The molecule has 0 aromatic heterocycles. The lowest BCUT2D eigenvalue weighted by atomic mass is 10.0. The summed E-state index contributed by atoms with van der Waals surface area (Å²) in [5.41, 5.74) is 1.70. The highest BCUT2D eigenvalue weighted by atomic mass is 16.2. The van der Waals surface area contributed by atoms with Gasteiger partial charge in [0.15, 0.2) is 0 Å². The van der Waals surface area contributed by atoms with Crippen LogP contribution in [0.4, 0.5) is 4.79 Å². The van der Waals surface area contributed by atoms with E-state index in [-0.39, 0.29) is 18.0 Å². The number of hydrogen-bond donors (Lipinski definition) is 2. The number of benzene rings is 1. The molecule has 23 heavy (non-hydrogen) atoms. The number of carbonyl (C=O) groups is 2. The lowest BCUT2D eigenvalue weighted by Crippen LogP contribution is -2.42. The Balaban J connectivity index is 1.91. The number of likely N-dealkylation sites (tertiary alicyclic amines) is 1. The standard InChI is InChI=1S/C18H27N3O2/c1-13(2)20-18(23)19-12-15-7-9-16(10-8-15)17(22)21-11-5-4-6-14(21)3/h7-10,13-14H,4-6,11-12H2,1-3H3,(H2,19,20,23). The molecule has 2 N–H and O–H groups in total. The van der Waals surface area contributed by atoms with E-state index >= 15 is 0 Å². The van der Waals surface area contributed by atoms with Crippen LogP contribution < -0.4 is 10.6 Å². The Hall–Kier alpha value is -2.04. The van der Waals surface area contributed by atoms with E-state index in [0.717, 1.165) is 24.9 Å². The maximum absolute atomic E-state index is 12.6. The molecule has 126 valence electrons. The summed E-state index contributed by atoms with van der Waals surface area (Å²) in [6, 6.07) is 7.75. The Morgan fingerprint density at radius 2 is 1.91 bits per heavy atom. The molecule has 1 saturated heterocycles. The van der Waals surface area contributed by atoms with E-state index in [1.807, 2.05) is 43.0 Å². The molecule has 0 aliphatic carbocycles. The number of carbonyl (C=O) groups excluding carboxylic acids is 2. The van der Waals surface area contributed by atoms with Crippen LogP contribution in [0.2, 0.25) is 0 Å². The molecule has 1 aliphatic heterocycles. The van der Waals surface area contributed by atoms with Crippen molar-refractivity contribution in [2.75, 3.05) is 6.54 Å². The Morgan fingerprint density at radius 3 is 2.52 bits per heavy atom. The van der Waals surface area contributed by atoms with Crippen LogP contribution in [0.25, 0.3) is 0 Å². The Morgan fingerprint density at radius 1 is 1.22 bits per heavy atom. The van der Waals surface area contributed by atoms with Gasteiger partial charge >= 0.3 is 6.03 Å². The normalized spacial score (nSPS) is 17.9. The number of nitrogens with zero attached hydrogens (tertiary/aromatic N) is 1. The van der Waals surface area contributed by atoms with Crippen LogP contribution in [0.15, 0.2) is 24.3 Å². The maximum atomic E-state index is 12.6. The minimum absolute atomic E-state index is 0.106. The van der Waals surface area contributed by atoms with Gasteiger partial charge in [0.25, 0.3) is 5.91 Å². The number of urea groups is 1. The lowest BCUT2D eigenvalue weighted by Gasteiger charge is -2.33. The molecule has 0 radical (unpaired) electrons. The van der Waals surface area contributed by atoms with Gasteiger partial charge in [-0.3, -0.25) is 4.79 Å². The van der Waals surface area contributed by atoms with Crippen molar-refractivity contribution in [2.45, 2.75) is 58.7 Å². The molecule has 2 rings (SSSR count). The van der Waals surface area contributed by atoms with Gasteiger partial charge in [0.2, 0.25) is 0 Å². The Labute approximate surface area is 138 Å². The van der Waals surface area contributed by atoms with Crippen molar-refractivity contribution in [1.29, 1.82) is 0 Å². The average Bonchev–Trinajstić information content (AvgIpc) is 2.53. The van der Waals surface area contributed by atoms with Gasteiger partial charge < -0.3 is 15.5 Å². The van der Waals surface area contributed by atoms with E-state index in [1.165, 1.54) is 6.42 Å². The molecule has 3 amide bonds. The smallest absolute Gasteiger partial charge is 0.315 e. The quantitative estimate of drug-likeness (QED) is 0.897. The van der Waals surface area contributed by atoms with Gasteiger partial charge in [-0.15, -0.1) is 0 Å². The largest absolute Gasteiger partial charge is 0.336 e. The van der Waals surface area contributed by atoms with Crippen molar-refractivity contribution in [3.05, 3.63) is 35.4 Å². The average molecular weight is 317 g/mol. The summed E-state index contributed by atoms with van der Waals surface area (Å²) < 4.78 is 0. The Kier molecular flexibility index (Phi) is 6.02. The fraction of sp³-hybridized carbons (Fsp3) is 0.556. The number of hydrogen-bond acceptors (Lipinski definition) is 2. The van der Waals surface area contributed by atoms with E-state index in [1.54, 1.807) is 0 Å². The fourth-order valence-corrected chi connectivity index (χ4v) is 2.83. The lowest BCUT2D eigenvalue weighted by molar-refractivity contribution is 0.0635. The zero-order valence-corrected chi connectivity index (χ0v) is 14.3. The zero-order chi connectivity index (χ0) is 16.8. The van der Waals surface area contributed by atoms with E-state index in [4.69, 9.17) is 0 Å². The molecule has 0 bridgehead atoms. The van der Waals surface area contributed by atoms with Crippen LogP contribution in [-0.4, -0.2) is 35.5 Å². The SMILES string of the molecule is CC(C)NC(=O)NCc1ccc(C(=O)N2CCCCC2C)cc1. The highest BCUT2D eigenvalue weighted by molar-refractivity contribution is 5.94. The van der Waals surface area contributed by atoms with Gasteiger partial charge in [-0.25, -0.2) is 4.79 Å². The number of piperidine rings is 1. The molecule has 0 spiro atoms. The van der Waals surface area contributed by atoms with Crippen molar-refractivity contribution >= 4 is 11.9 Å². The highest BCUT2D eigenvalue weighted by Crippen LogP contribution is 2.19. The third-order valence-corrected chi connectivity index (χ3v) is 4.14. The van der Waals surface area contributed by atoms with Gasteiger partial charge in [-0.05, 0) is 57.7 Å². The maximum Gasteiger partial charge on any atom is 0.315 e. The topological polar surface area (TPSA) is 61.4 Å². The van der Waals surface area contributed by atoms with Gasteiger partial charge in [-0.1, -0.05) is 12.1 Å². The molecule has 1 aliphatic rings. The van der Waals surface area contributed by atoms with Crippen LogP contribution in [-0.2, 0) is 6.54 Å². The molecule has 0 saturated carbocycles. The number of nitrogens with one attached hydrogen (secondary N) is 2. The van der Waals surface area contributed by atoms with Crippen molar-refractivity contribution in [2.24, 2.45) is 0 Å². The third kappa shape index (κ3) is 4.98. The molecule has 1 fully saturated rings. The minimum atomic E-state index is -0.178. The number of amides is 3. The van der Waals surface area contributed by atoms with E-state index < -0.39 is 0 Å². The van der Waals surface area contributed by atoms with Crippen LogP contribution in [0.3, 0.4) is 0 Å². The third-order valence-electron chi connectivity index (χ3n) is 4.14. The van der Waals surface area contributed by atoms with Crippen molar-refractivity contribution in [3.8, 4) is 0 Å². The van der Waals surface area contributed by atoms with Gasteiger partial charge in [-0.2, -0.15) is 0 Å². The van der Waals surface area contributed by atoms with Crippen LogP contribution >= 0.6 is 0 Å². The molecular formula is C18H27N3O2. The van der Waals surface area contributed by atoms with Crippen LogP contribution in [0, 0.1) is 0 Å². The van der Waals surface area contributed by atoms with Crippen LogP contribution in [0.1, 0.15) is 56.0 Å². The number of rotatable bonds is 4. The predicted molar refractivity (Wildman–Crippen MR) is 91.3 cm³/mol. The second kappa shape index (κ2) is 7.99. The molecule has 1 heterocycles. The predicted octanol–water partition coefficient (Wildman–Crippen LogP) is 2.91. The summed E-state index contributed by atoms with van der Waals surface area (Å²) >= 11 is 0. The molecule has 5 heteroatoms. The zero-order valence-electron chi connectivity index (χ0n) is 14.3. The van der Waals surface area contributed by atoms with E-state index in [2.05, 4.69) is 17.6 Å². The second-order valence-electron chi connectivity index (χ2n) is 6.52. The van der Waals surface area contributed by atoms with Gasteiger partial charge in [0.1, 0.15) is 0 Å². The fourth-order valence-electron chi connectivity index (χ4n) is 2.83. The summed E-state index contributed by atoms with van der Waals surface area (Å²) in [6.45, 7) is 7.25. The molecule has 1 aromatic carbocycles. The Bertz CT molecular complexity index is 540. The van der Waals surface area contributed by atoms with Gasteiger partial charge in [0, 0.05) is 30.7 Å². The first-order chi connectivity index (χ1) is 11.0. The minimum Gasteiger partial charge on any atom is -0.336 e. The summed E-state index contributed by atoms with van der Waals surface area (Å²) in [7, 11) is 0. The summed E-state index contributed by atoms with van der Waals surface area (Å²) in [6.07, 6.45) is 3.37. The molecular weight excluding hydrogens is 290 g/mol. The summed E-state index contributed by atoms with van der Waals surface area (Å²) in [4.78, 5) is 26.1. The first-order valence-corrected chi connectivity index (χ1v) is 8.41. The first kappa shape index (κ1) is 17.3. The molecule has 1 unspecified atom stereocenters. The second-order valence-corrected chi connectivity index (χ2v) is 6.52. The molecule has 5 nitrogen and oxygen atoms in total. The monoisotopic (exact) mass is 317 g/mol. The van der Waals surface area contributed by atoms with E-state index in [0.29, 0.717) is 18.2 Å². The summed E-state index contributed by atoms with van der Waals surface area (Å²) in [5.74, 6) is 0.106. The van der Waals surface area contributed by atoms with Crippen molar-refractivity contribution < 1.29 is 9.59 Å². The van der Waals surface area contributed by atoms with Crippen molar-refractivity contribution in [1.82, 2.24) is 15.5 Å². The molecule has 1 aromatic rings. The molecule has 1 atom stereocenters. The van der Waals surface area contributed by atoms with Crippen molar-refractivity contribution in [3.63, 3.8) is 0 Å². The van der Waals surface area contributed by atoms with Gasteiger partial charge in [0.05, 0.1) is 0 Å². The summed E-state index contributed by atoms with van der Waals surface area (Å²) in [5, 5.41) is 5.58. The highest BCUT2D eigenvalue weighted by Gasteiger charge is 2.23.